The topological polar surface area (TPSA) is 37.3 Å². The van der Waals surface area contributed by atoms with Gasteiger partial charge in [-0.1, -0.05) is 32.4 Å². The Labute approximate surface area is 108 Å². The Morgan fingerprint density at radius 3 is 2.29 bits per heavy atom. The first-order valence-electron chi connectivity index (χ1n) is 6.31. The Morgan fingerprint density at radius 2 is 1.94 bits per heavy atom. The molecule has 2 aliphatic rings. The highest BCUT2D eigenvalue weighted by Gasteiger charge is 2.62. The summed E-state index contributed by atoms with van der Waals surface area (Å²) in [5, 5.41) is 9.63. The first-order valence-corrected chi connectivity index (χ1v) is 6.69. The molecule has 17 heavy (non-hydrogen) atoms. The first-order chi connectivity index (χ1) is 7.72. The molecule has 0 aromatic carbocycles. The van der Waals surface area contributed by atoms with Crippen molar-refractivity contribution in [3.63, 3.8) is 0 Å². The fraction of sp³-hybridized carbons (Fsp3) is 0.786. The van der Waals surface area contributed by atoms with Gasteiger partial charge in [0.25, 0.3) is 0 Å². The molecule has 0 saturated heterocycles. The highest BCUT2D eigenvalue weighted by molar-refractivity contribution is 6.31. The second-order valence-electron chi connectivity index (χ2n) is 6.44. The smallest absolute Gasteiger partial charge is 0.332 e. The maximum absolute atomic E-state index is 11.0. The average Bonchev–Trinajstić information content (AvgIpc) is 2.58. The van der Waals surface area contributed by atoms with Crippen LogP contribution in [0.15, 0.2) is 10.6 Å². The van der Waals surface area contributed by atoms with E-state index in [2.05, 4.69) is 20.8 Å². The van der Waals surface area contributed by atoms with E-state index in [1.54, 1.807) is 6.92 Å². The van der Waals surface area contributed by atoms with Gasteiger partial charge in [-0.15, -0.1) is 0 Å². The minimum Gasteiger partial charge on any atom is -0.478 e. The standard InChI is InChI=1S/C14H21ClO2/c1-8(12(16)17)11(15)10-7-9-5-6-14(10,4)13(9,2)3/h9-10H,5-7H2,1-4H3,(H,16,17)/t9-,10?,14-/m1/s1. The van der Waals surface area contributed by atoms with Crippen molar-refractivity contribution < 1.29 is 9.90 Å². The quantitative estimate of drug-likeness (QED) is 0.757. The molecule has 0 heterocycles. The lowest BCUT2D eigenvalue weighted by Crippen LogP contribution is -2.32. The second kappa shape index (κ2) is 3.74. The van der Waals surface area contributed by atoms with E-state index in [0.717, 1.165) is 6.42 Å². The molecule has 0 spiro atoms. The van der Waals surface area contributed by atoms with E-state index >= 15 is 0 Å². The molecule has 2 saturated carbocycles. The van der Waals surface area contributed by atoms with Gasteiger partial charge in [0.05, 0.1) is 0 Å². The van der Waals surface area contributed by atoms with E-state index in [1.165, 1.54) is 12.8 Å². The summed E-state index contributed by atoms with van der Waals surface area (Å²) in [5.74, 6) is 0.0287. The molecule has 0 amide bonds. The highest BCUT2D eigenvalue weighted by atomic mass is 35.5. The Hall–Kier alpha value is -0.500. The Balaban J connectivity index is 2.39. The molecule has 2 nitrogen and oxygen atoms in total. The minimum absolute atomic E-state index is 0.158. The molecular weight excluding hydrogens is 236 g/mol. The zero-order chi connectivity index (χ0) is 13.0. The predicted octanol–water partition coefficient (Wildman–Crippen LogP) is 4.05. The third-order valence-electron chi connectivity index (χ3n) is 5.78. The summed E-state index contributed by atoms with van der Waals surface area (Å²) in [7, 11) is 0. The van der Waals surface area contributed by atoms with E-state index < -0.39 is 5.97 Å². The van der Waals surface area contributed by atoms with Crippen molar-refractivity contribution in [2.45, 2.75) is 47.0 Å². The molecule has 1 N–H and O–H groups in total. The first kappa shape index (κ1) is 12.9. The highest BCUT2D eigenvalue weighted by Crippen LogP contribution is 2.70. The summed E-state index contributed by atoms with van der Waals surface area (Å²) in [6.45, 7) is 8.52. The molecule has 3 heteroatoms. The van der Waals surface area contributed by atoms with Gasteiger partial charge in [-0.2, -0.15) is 0 Å². The molecule has 2 fully saturated rings. The fourth-order valence-electron chi connectivity index (χ4n) is 3.95. The monoisotopic (exact) mass is 256 g/mol. The van der Waals surface area contributed by atoms with Gasteiger partial charge in [-0.25, -0.2) is 4.79 Å². The lowest BCUT2D eigenvalue weighted by Gasteiger charge is -2.39. The third-order valence-corrected chi connectivity index (χ3v) is 6.33. The SMILES string of the molecule is CC(C(=O)O)=C(Cl)C1C[C@H]2CC[C@@]1(C)C2(C)C. The maximum atomic E-state index is 11.0. The van der Waals surface area contributed by atoms with Gasteiger partial charge in [-0.3, -0.25) is 0 Å². The van der Waals surface area contributed by atoms with Gasteiger partial charge in [0.15, 0.2) is 0 Å². The number of hydrogen-bond acceptors (Lipinski definition) is 1. The summed E-state index contributed by atoms with van der Waals surface area (Å²) in [4.78, 5) is 11.0. The number of carboxylic acid groups (broad SMARTS) is 1. The number of halogens is 1. The number of carbonyl (C=O) groups is 1. The van der Waals surface area contributed by atoms with Crippen LogP contribution < -0.4 is 0 Å². The van der Waals surface area contributed by atoms with Gasteiger partial charge in [-0.05, 0) is 42.9 Å². The molecular formula is C14H21ClO2. The van der Waals surface area contributed by atoms with Crippen LogP contribution in [0.25, 0.3) is 0 Å². The normalized spacial score (nSPS) is 40.3. The fourth-order valence-corrected chi connectivity index (χ4v) is 4.36. The second-order valence-corrected chi connectivity index (χ2v) is 6.85. The van der Waals surface area contributed by atoms with E-state index in [4.69, 9.17) is 16.7 Å². The maximum Gasteiger partial charge on any atom is 0.332 e. The van der Waals surface area contributed by atoms with E-state index in [-0.39, 0.29) is 16.7 Å². The number of rotatable bonds is 2. The molecule has 3 atom stereocenters. The van der Waals surface area contributed by atoms with Crippen molar-refractivity contribution in [2.75, 3.05) is 0 Å². The summed E-state index contributed by atoms with van der Waals surface area (Å²) in [6.07, 6.45) is 3.47. The van der Waals surface area contributed by atoms with Gasteiger partial charge in [0.2, 0.25) is 0 Å². The molecule has 0 aliphatic heterocycles. The van der Waals surface area contributed by atoms with Crippen LogP contribution in [-0.4, -0.2) is 11.1 Å². The lowest BCUT2D eigenvalue weighted by atomic mass is 9.66. The van der Waals surface area contributed by atoms with Crippen molar-refractivity contribution in [2.24, 2.45) is 22.7 Å². The van der Waals surface area contributed by atoms with Crippen LogP contribution in [-0.2, 0) is 4.79 Å². The van der Waals surface area contributed by atoms with Gasteiger partial charge < -0.3 is 5.11 Å². The third kappa shape index (κ3) is 1.56. The van der Waals surface area contributed by atoms with Crippen LogP contribution >= 0.6 is 11.6 Å². The van der Waals surface area contributed by atoms with Crippen LogP contribution in [0.4, 0.5) is 0 Å². The molecule has 1 unspecified atom stereocenters. The molecule has 2 rings (SSSR count). The Bertz CT molecular complexity index is 397. The van der Waals surface area contributed by atoms with Gasteiger partial charge in [0.1, 0.15) is 0 Å². The lowest BCUT2D eigenvalue weighted by molar-refractivity contribution is -0.132. The van der Waals surface area contributed by atoms with Crippen LogP contribution in [0.1, 0.15) is 47.0 Å². The van der Waals surface area contributed by atoms with Crippen molar-refractivity contribution in [1.29, 1.82) is 0 Å². The summed E-state index contributed by atoms with van der Waals surface area (Å²) in [5.41, 5.74) is 0.753. The van der Waals surface area contributed by atoms with Crippen molar-refractivity contribution >= 4 is 17.6 Å². The number of hydrogen-bond donors (Lipinski definition) is 1. The molecule has 0 aromatic rings. The minimum atomic E-state index is -0.890. The number of fused-ring (bicyclic) bond motifs is 2. The molecule has 2 aliphatic carbocycles. The number of allylic oxidation sites excluding steroid dienone is 1. The van der Waals surface area contributed by atoms with E-state index in [1.807, 2.05) is 0 Å². The summed E-state index contributed by atoms with van der Waals surface area (Å²) < 4.78 is 0. The zero-order valence-electron chi connectivity index (χ0n) is 11.0. The van der Waals surface area contributed by atoms with Gasteiger partial charge in [0, 0.05) is 16.5 Å². The van der Waals surface area contributed by atoms with Crippen LogP contribution in [0.3, 0.4) is 0 Å². The van der Waals surface area contributed by atoms with E-state index in [0.29, 0.717) is 16.5 Å². The average molecular weight is 257 g/mol. The number of carboxylic acids is 1. The zero-order valence-corrected chi connectivity index (χ0v) is 11.8. The molecule has 2 bridgehead atoms. The predicted molar refractivity (Wildman–Crippen MR) is 68.9 cm³/mol. The van der Waals surface area contributed by atoms with Gasteiger partial charge >= 0.3 is 5.97 Å². The largest absolute Gasteiger partial charge is 0.478 e. The van der Waals surface area contributed by atoms with Crippen molar-refractivity contribution in [3.8, 4) is 0 Å². The van der Waals surface area contributed by atoms with Crippen LogP contribution in [0, 0.1) is 22.7 Å². The number of aliphatic carboxylic acids is 1. The van der Waals surface area contributed by atoms with E-state index in [9.17, 15) is 4.79 Å². The molecule has 0 aromatic heterocycles. The van der Waals surface area contributed by atoms with Crippen molar-refractivity contribution in [1.82, 2.24) is 0 Å². The van der Waals surface area contributed by atoms with Crippen LogP contribution in [0.5, 0.6) is 0 Å². The Morgan fingerprint density at radius 1 is 1.35 bits per heavy atom. The molecule has 96 valence electrons. The summed E-state index contributed by atoms with van der Waals surface area (Å²) >= 11 is 6.34. The van der Waals surface area contributed by atoms with Crippen molar-refractivity contribution in [3.05, 3.63) is 10.6 Å². The van der Waals surface area contributed by atoms with Crippen LogP contribution in [0.2, 0.25) is 0 Å². The Kier molecular flexibility index (Phi) is 2.85. The summed E-state index contributed by atoms with van der Waals surface area (Å²) in [6, 6.07) is 0. The molecule has 0 radical (unpaired) electrons.